The van der Waals surface area contributed by atoms with Gasteiger partial charge >= 0.3 is 0 Å². The third-order valence-corrected chi connectivity index (χ3v) is 17.1. The summed E-state index contributed by atoms with van der Waals surface area (Å²) in [5.74, 6) is 36.4. The first-order valence-corrected chi connectivity index (χ1v) is 25.1. The van der Waals surface area contributed by atoms with Gasteiger partial charge in [-0.1, -0.05) is 148 Å². The monoisotopic (exact) mass is 840 g/mol. The molecule has 0 amide bonds. The number of aromatic nitrogens is 3. The van der Waals surface area contributed by atoms with Crippen molar-refractivity contribution in [2.45, 2.75) is 170 Å². The van der Waals surface area contributed by atoms with Crippen LogP contribution in [0.3, 0.4) is 0 Å². The molecule has 5 heteroatoms. The minimum Gasteiger partial charge on any atom is -0.378 e. The highest BCUT2D eigenvalue weighted by atomic mass is 28.3. The van der Waals surface area contributed by atoms with E-state index >= 15 is 0 Å². The van der Waals surface area contributed by atoms with Crippen LogP contribution in [-0.4, -0.2) is 33.7 Å². The van der Waals surface area contributed by atoms with Crippen molar-refractivity contribution in [3.63, 3.8) is 0 Å². The lowest BCUT2D eigenvalue weighted by Crippen LogP contribution is -2.43. The zero-order chi connectivity index (χ0) is 45.5. The summed E-state index contributed by atoms with van der Waals surface area (Å²) in [5, 5.41) is 9.91. The van der Waals surface area contributed by atoms with Crippen LogP contribution >= 0.6 is 0 Å². The second-order valence-electron chi connectivity index (χ2n) is 17.4. The summed E-state index contributed by atoms with van der Waals surface area (Å²) in [4.78, 5) is 13.9. The van der Waals surface area contributed by atoms with E-state index in [9.17, 15) is 5.11 Å². The van der Waals surface area contributed by atoms with Crippen LogP contribution in [0.15, 0.2) is 77.3 Å². The molecule has 0 atom stereocenters. The summed E-state index contributed by atoms with van der Waals surface area (Å²) in [7, 11) is -1.83. The van der Waals surface area contributed by atoms with Crippen molar-refractivity contribution in [2.75, 3.05) is 0 Å². The number of aliphatic hydroxyl groups is 1. The van der Waals surface area contributed by atoms with Gasteiger partial charge in [0.25, 0.3) is 0 Å². The number of allylic oxidation sites excluding steroid dienone is 4. The van der Waals surface area contributed by atoms with Gasteiger partial charge in [0, 0.05) is 57.6 Å². The topological polar surface area (TPSA) is 58.9 Å². The Bertz CT molecular complexity index is 2350. The Morgan fingerprint density at radius 1 is 0.500 bits per heavy atom. The molecule has 3 rings (SSSR count). The van der Waals surface area contributed by atoms with Gasteiger partial charge in [0.15, 0.2) is 0 Å². The number of hydrogen-bond acceptors (Lipinski definition) is 4. The van der Waals surface area contributed by atoms with Crippen LogP contribution in [0.4, 0.5) is 0 Å². The van der Waals surface area contributed by atoms with Gasteiger partial charge in [-0.15, -0.1) is 5.54 Å². The fourth-order valence-electron chi connectivity index (χ4n) is 7.39. The molecule has 1 N–H and O–H groups in total. The van der Waals surface area contributed by atoms with Gasteiger partial charge in [0.2, 0.25) is 0 Å². The van der Waals surface area contributed by atoms with Gasteiger partial charge in [-0.05, 0) is 117 Å². The van der Waals surface area contributed by atoms with E-state index in [-0.39, 0.29) is 0 Å². The van der Waals surface area contributed by atoms with E-state index in [2.05, 4.69) is 145 Å². The molecular weight excluding hydrogens is 771 g/mol. The predicted octanol–water partition coefficient (Wildman–Crippen LogP) is 12.9. The Morgan fingerprint density at radius 2 is 0.855 bits per heavy atom. The SMILES string of the molecule is CCCC/C(C#Cc1ccc(C#C/C(CCC)=C(/C#Cc2ccc(C#CC(C)(C)O)cn2)CCCC)cn1)=C(/C#Cc1ccc(C#C[Si](C(C)C)(C(C)C)C(C)C)nc1)CCC. The van der Waals surface area contributed by atoms with E-state index in [4.69, 9.17) is 9.97 Å². The van der Waals surface area contributed by atoms with Gasteiger partial charge in [0.1, 0.15) is 30.8 Å². The molecule has 0 saturated heterocycles. The van der Waals surface area contributed by atoms with Crippen molar-refractivity contribution >= 4 is 8.07 Å². The molecule has 0 unspecified atom stereocenters. The van der Waals surface area contributed by atoms with E-state index in [1.165, 1.54) is 0 Å². The average Bonchev–Trinajstić information content (AvgIpc) is 3.24. The summed E-state index contributed by atoms with van der Waals surface area (Å²) in [6.45, 7) is 26.1. The van der Waals surface area contributed by atoms with E-state index < -0.39 is 13.7 Å². The van der Waals surface area contributed by atoms with E-state index in [1.54, 1.807) is 20.0 Å². The first-order valence-electron chi connectivity index (χ1n) is 22.8. The van der Waals surface area contributed by atoms with Crippen LogP contribution in [0.2, 0.25) is 16.6 Å². The standard InChI is InChI=1S/C57H69N3OSi/c1-13-17-21-52(51(20-16-4)29-24-48-26-34-56(60-42-48)38-40-62(44(5)6,45(7)8)46(9)10)30-35-54-32-25-47(41-58-54)23-28-50(19-15-3)53(22-18-14-2)31-36-55-33-27-49(43-59-55)37-39-57(11,12)61/h25-27,32-34,41-46,61H,13-22H2,1-12H3/b52-51-,53-50+. The summed E-state index contributed by atoms with van der Waals surface area (Å²) in [5.41, 5.74) is 13.4. The summed E-state index contributed by atoms with van der Waals surface area (Å²) in [6, 6.07) is 11.8. The van der Waals surface area contributed by atoms with Gasteiger partial charge in [-0.3, -0.25) is 0 Å². The zero-order valence-corrected chi connectivity index (χ0v) is 40.8. The first-order chi connectivity index (χ1) is 29.6. The lowest BCUT2D eigenvalue weighted by molar-refractivity contribution is 0.143. The van der Waals surface area contributed by atoms with E-state index in [0.717, 1.165) is 109 Å². The summed E-state index contributed by atoms with van der Waals surface area (Å²) >= 11 is 0. The van der Waals surface area contributed by atoms with Crippen LogP contribution in [0.5, 0.6) is 0 Å². The van der Waals surface area contributed by atoms with Crippen LogP contribution in [0, 0.1) is 70.7 Å². The number of rotatable bonds is 13. The van der Waals surface area contributed by atoms with Crippen LogP contribution in [0.1, 0.15) is 181 Å². The molecule has 0 fully saturated rings. The van der Waals surface area contributed by atoms with E-state index in [0.29, 0.717) is 28.0 Å². The quantitative estimate of drug-likeness (QED) is 0.138. The maximum absolute atomic E-state index is 9.91. The third kappa shape index (κ3) is 16.7. The molecule has 4 nitrogen and oxygen atoms in total. The number of nitrogens with zero attached hydrogens (tertiary/aromatic N) is 3. The minimum atomic E-state index is -1.83. The Labute approximate surface area is 377 Å². The van der Waals surface area contributed by atoms with Crippen molar-refractivity contribution in [3.8, 4) is 70.7 Å². The van der Waals surface area contributed by atoms with Crippen molar-refractivity contribution in [1.29, 1.82) is 0 Å². The van der Waals surface area contributed by atoms with Crippen molar-refractivity contribution in [1.82, 2.24) is 15.0 Å². The molecule has 0 saturated carbocycles. The molecule has 0 radical (unpaired) electrons. The molecule has 0 aromatic carbocycles. The average molecular weight is 840 g/mol. The highest BCUT2D eigenvalue weighted by Gasteiger charge is 2.41. The molecule has 0 aliphatic heterocycles. The lowest BCUT2D eigenvalue weighted by Gasteiger charge is -2.38. The van der Waals surface area contributed by atoms with Crippen molar-refractivity contribution < 1.29 is 5.11 Å². The largest absolute Gasteiger partial charge is 0.378 e. The van der Waals surface area contributed by atoms with Gasteiger partial charge in [0.05, 0.1) is 0 Å². The number of unbranched alkanes of at least 4 members (excludes halogenated alkanes) is 2. The molecule has 0 bridgehead atoms. The molecule has 3 heterocycles. The van der Waals surface area contributed by atoms with Gasteiger partial charge in [-0.25, -0.2) is 15.0 Å². The fraction of sp³-hybridized carbons (Fsp3) is 0.456. The first kappa shape index (κ1) is 50.8. The summed E-state index contributed by atoms with van der Waals surface area (Å²) < 4.78 is 0. The Balaban J connectivity index is 1.91. The Kier molecular flexibility index (Phi) is 21.4. The smallest absolute Gasteiger partial charge is 0.146 e. The molecule has 322 valence electrons. The molecule has 62 heavy (non-hydrogen) atoms. The second kappa shape index (κ2) is 26.1. The molecule has 3 aromatic heterocycles. The maximum Gasteiger partial charge on any atom is 0.146 e. The van der Waals surface area contributed by atoms with Crippen molar-refractivity contribution in [3.05, 3.63) is 111 Å². The van der Waals surface area contributed by atoms with Gasteiger partial charge < -0.3 is 5.11 Å². The van der Waals surface area contributed by atoms with Gasteiger partial charge in [-0.2, -0.15) is 0 Å². The summed E-state index contributed by atoms with van der Waals surface area (Å²) in [6.07, 6.45) is 15.0. The lowest BCUT2D eigenvalue weighted by atomic mass is 9.98. The highest BCUT2D eigenvalue weighted by Crippen LogP contribution is 2.40. The predicted molar refractivity (Wildman–Crippen MR) is 264 cm³/mol. The molecule has 0 aliphatic rings. The zero-order valence-electron chi connectivity index (χ0n) is 39.8. The third-order valence-electron chi connectivity index (χ3n) is 10.8. The molecular formula is C57H69N3OSi. The van der Waals surface area contributed by atoms with Crippen LogP contribution in [0.25, 0.3) is 0 Å². The maximum atomic E-state index is 9.91. The van der Waals surface area contributed by atoms with E-state index in [1.807, 2.05) is 48.8 Å². The van der Waals surface area contributed by atoms with Crippen molar-refractivity contribution in [2.24, 2.45) is 0 Å². The fourth-order valence-corrected chi connectivity index (χ4v) is 12.6. The molecule has 3 aromatic rings. The van der Waals surface area contributed by atoms with Crippen LogP contribution < -0.4 is 0 Å². The Hall–Kier alpha value is -5.53. The molecule has 0 spiro atoms. The normalized spacial score (nSPS) is 11.8. The number of hydrogen-bond donors (Lipinski definition) is 1. The second-order valence-corrected chi connectivity index (χ2v) is 23.0. The molecule has 0 aliphatic carbocycles. The highest BCUT2D eigenvalue weighted by molar-refractivity contribution is 6.90. The number of pyridine rings is 3. The van der Waals surface area contributed by atoms with Crippen LogP contribution in [-0.2, 0) is 0 Å². The minimum absolute atomic E-state index is 0.579. The Morgan fingerprint density at radius 3 is 1.18 bits per heavy atom.